The molecule has 0 spiro atoms. The first-order valence-electron chi connectivity index (χ1n) is 9.85. The van der Waals surface area contributed by atoms with E-state index in [4.69, 9.17) is 5.10 Å². The summed E-state index contributed by atoms with van der Waals surface area (Å²) in [5.41, 5.74) is 7.25. The van der Waals surface area contributed by atoms with Crippen LogP contribution in [0.5, 0.6) is 0 Å². The van der Waals surface area contributed by atoms with E-state index < -0.39 is 0 Å². The summed E-state index contributed by atoms with van der Waals surface area (Å²) in [6.07, 6.45) is 1.75. The van der Waals surface area contributed by atoms with Crippen molar-refractivity contribution in [3.63, 3.8) is 0 Å². The van der Waals surface area contributed by atoms with Gasteiger partial charge in [0, 0.05) is 29.4 Å². The zero-order chi connectivity index (χ0) is 21.3. The molecule has 3 heterocycles. The van der Waals surface area contributed by atoms with Crippen molar-refractivity contribution in [1.82, 2.24) is 24.2 Å². The summed E-state index contributed by atoms with van der Waals surface area (Å²) in [5, 5.41) is 6.67. The second kappa shape index (κ2) is 8.38. The molecule has 0 N–H and O–H groups in total. The van der Waals surface area contributed by atoms with E-state index in [0.717, 1.165) is 28.5 Å². The van der Waals surface area contributed by atoms with Crippen LogP contribution in [0.3, 0.4) is 0 Å². The number of benzene rings is 1. The fourth-order valence-corrected chi connectivity index (χ4v) is 4.42. The first-order chi connectivity index (χ1) is 14.5. The SMILES string of the molecule is Cc1ccccc1-n1nc(C)c(CN(C)Cn2c(-c3ccccn3)csc2=O)c1C. The van der Waals surface area contributed by atoms with Gasteiger partial charge in [0.25, 0.3) is 0 Å². The fraction of sp³-hybridized carbons (Fsp3) is 0.261. The van der Waals surface area contributed by atoms with Crippen molar-refractivity contribution in [3.05, 3.63) is 86.2 Å². The Balaban J connectivity index is 1.59. The van der Waals surface area contributed by atoms with E-state index in [1.807, 2.05) is 54.4 Å². The maximum absolute atomic E-state index is 12.5. The Kier molecular flexibility index (Phi) is 5.65. The van der Waals surface area contributed by atoms with Crippen molar-refractivity contribution in [2.45, 2.75) is 34.0 Å². The van der Waals surface area contributed by atoms with Gasteiger partial charge in [-0.2, -0.15) is 5.10 Å². The van der Waals surface area contributed by atoms with Crippen LogP contribution in [0.1, 0.15) is 22.5 Å². The van der Waals surface area contributed by atoms with Crippen LogP contribution in [0.15, 0.2) is 58.8 Å². The Bertz CT molecular complexity index is 1220. The predicted molar refractivity (Wildman–Crippen MR) is 121 cm³/mol. The first-order valence-corrected chi connectivity index (χ1v) is 10.7. The van der Waals surface area contributed by atoms with Gasteiger partial charge in [-0.1, -0.05) is 35.6 Å². The number of hydrogen-bond acceptors (Lipinski definition) is 5. The van der Waals surface area contributed by atoms with E-state index in [-0.39, 0.29) is 4.87 Å². The van der Waals surface area contributed by atoms with Gasteiger partial charge in [-0.3, -0.25) is 19.2 Å². The van der Waals surface area contributed by atoms with Crippen molar-refractivity contribution < 1.29 is 0 Å². The molecular weight excluding hydrogens is 394 g/mol. The molecule has 0 aliphatic rings. The lowest BCUT2D eigenvalue weighted by Gasteiger charge is -2.19. The minimum Gasteiger partial charge on any atom is -0.284 e. The van der Waals surface area contributed by atoms with E-state index in [1.54, 1.807) is 10.8 Å². The normalized spacial score (nSPS) is 11.4. The van der Waals surface area contributed by atoms with Crippen LogP contribution in [0.4, 0.5) is 0 Å². The average Bonchev–Trinajstić information content (AvgIpc) is 3.23. The van der Waals surface area contributed by atoms with Crippen molar-refractivity contribution in [2.75, 3.05) is 7.05 Å². The summed E-state index contributed by atoms with van der Waals surface area (Å²) in [6.45, 7) is 7.43. The second-order valence-electron chi connectivity index (χ2n) is 7.53. The van der Waals surface area contributed by atoms with Gasteiger partial charge in [0.15, 0.2) is 0 Å². The van der Waals surface area contributed by atoms with Crippen molar-refractivity contribution >= 4 is 11.3 Å². The van der Waals surface area contributed by atoms with E-state index in [9.17, 15) is 4.79 Å². The summed E-state index contributed by atoms with van der Waals surface area (Å²) in [7, 11) is 2.02. The van der Waals surface area contributed by atoms with Crippen molar-refractivity contribution in [2.24, 2.45) is 0 Å². The predicted octanol–water partition coefficient (Wildman–Crippen LogP) is 4.17. The maximum atomic E-state index is 12.5. The molecule has 7 heteroatoms. The monoisotopic (exact) mass is 419 g/mol. The van der Waals surface area contributed by atoms with Crippen molar-refractivity contribution in [3.8, 4) is 17.1 Å². The standard InChI is InChI=1S/C23H25N5OS/c1-16-9-5-6-11-21(16)28-18(3)19(17(2)25-28)13-26(4)15-27-22(14-30-23(27)29)20-10-7-8-12-24-20/h5-12,14H,13,15H2,1-4H3. The van der Waals surface area contributed by atoms with Crippen LogP contribution in [-0.2, 0) is 13.2 Å². The molecule has 4 rings (SSSR count). The number of nitrogens with zero attached hydrogens (tertiary/aromatic N) is 5. The molecule has 0 aliphatic carbocycles. The zero-order valence-electron chi connectivity index (χ0n) is 17.7. The largest absolute Gasteiger partial charge is 0.308 e. The van der Waals surface area contributed by atoms with Gasteiger partial charge in [0.1, 0.15) is 0 Å². The summed E-state index contributed by atoms with van der Waals surface area (Å²) in [5.74, 6) is 0. The molecule has 0 fully saturated rings. The molecule has 30 heavy (non-hydrogen) atoms. The van der Waals surface area contributed by atoms with Gasteiger partial charge >= 0.3 is 4.87 Å². The van der Waals surface area contributed by atoms with Crippen LogP contribution in [0, 0.1) is 20.8 Å². The Hall–Kier alpha value is -3.03. The zero-order valence-corrected chi connectivity index (χ0v) is 18.5. The molecule has 0 atom stereocenters. The molecule has 0 saturated heterocycles. The van der Waals surface area contributed by atoms with Gasteiger partial charge in [-0.25, -0.2) is 4.68 Å². The number of aryl methyl sites for hydroxylation is 2. The lowest BCUT2D eigenvalue weighted by Crippen LogP contribution is -2.27. The quantitative estimate of drug-likeness (QED) is 0.471. The van der Waals surface area contributed by atoms with Crippen molar-refractivity contribution in [1.29, 1.82) is 0 Å². The Morgan fingerprint density at radius 1 is 1.07 bits per heavy atom. The van der Waals surface area contributed by atoms with Gasteiger partial charge in [-0.05, 0) is 51.6 Å². The van der Waals surface area contributed by atoms with Crippen LogP contribution >= 0.6 is 11.3 Å². The third-order valence-electron chi connectivity index (χ3n) is 5.31. The maximum Gasteiger partial charge on any atom is 0.308 e. The number of pyridine rings is 1. The smallest absolute Gasteiger partial charge is 0.284 e. The molecule has 6 nitrogen and oxygen atoms in total. The van der Waals surface area contributed by atoms with Gasteiger partial charge in [0.05, 0.1) is 29.4 Å². The number of aromatic nitrogens is 4. The molecule has 4 aromatic rings. The molecule has 0 amide bonds. The third-order valence-corrected chi connectivity index (χ3v) is 6.07. The fourth-order valence-electron chi connectivity index (χ4n) is 3.68. The van der Waals surface area contributed by atoms with Gasteiger partial charge < -0.3 is 0 Å². The van der Waals surface area contributed by atoms with Crippen LogP contribution in [0.2, 0.25) is 0 Å². The van der Waals surface area contributed by atoms with Gasteiger partial charge in [-0.15, -0.1) is 0 Å². The molecule has 0 unspecified atom stereocenters. The highest BCUT2D eigenvalue weighted by molar-refractivity contribution is 7.07. The van der Waals surface area contributed by atoms with Crippen LogP contribution in [0.25, 0.3) is 17.1 Å². The highest BCUT2D eigenvalue weighted by atomic mass is 32.1. The highest BCUT2D eigenvalue weighted by Crippen LogP contribution is 2.22. The van der Waals surface area contributed by atoms with E-state index >= 15 is 0 Å². The van der Waals surface area contributed by atoms with Crippen LogP contribution in [-0.4, -0.2) is 31.3 Å². The molecule has 0 bridgehead atoms. The third kappa shape index (κ3) is 3.86. The summed E-state index contributed by atoms with van der Waals surface area (Å²) < 4.78 is 3.80. The van der Waals surface area contributed by atoms with Gasteiger partial charge in [0.2, 0.25) is 0 Å². The summed E-state index contributed by atoms with van der Waals surface area (Å²) in [6, 6.07) is 14.0. The topological polar surface area (TPSA) is 56.0 Å². The average molecular weight is 420 g/mol. The molecule has 0 aliphatic heterocycles. The number of hydrogen-bond donors (Lipinski definition) is 0. The molecule has 0 radical (unpaired) electrons. The van der Waals surface area contributed by atoms with E-state index in [2.05, 4.69) is 35.9 Å². The van der Waals surface area contributed by atoms with E-state index in [0.29, 0.717) is 13.2 Å². The Morgan fingerprint density at radius 3 is 2.57 bits per heavy atom. The molecular formula is C23H25N5OS. The lowest BCUT2D eigenvalue weighted by atomic mass is 10.1. The summed E-state index contributed by atoms with van der Waals surface area (Å²) in [4.78, 5) is 19.0. The highest BCUT2D eigenvalue weighted by Gasteiger charge is 2.17. The number of thiazole rings is 1. The summed E-state index contributed by atoms with van der Waals surface area (Å²) >= 11 is 1.21. The molecule has 3 aromatic heterocycles. The van der Waals surface area contributed by atoms with E-state index in [1.165, 1.54) is 22.5 Å². The molecule has 1 aromatic carbocycles. The number of rotatable bonds is 6. The minimum absolute atomic E-state index is 0.0200. The Labute approximate surface area is 180 Å². The minimum atomic E-state index is 0.0200. The molecule has 0 saturated carbocycles. The number of para-hydroxylation sites is 1. The van der Waals surface area contributed by atoms with Crippen LogP contribution < -0.4 is 4.87 Å². The first kappa shape index (κ1) is 20.3. The lowest BCUT2D eigenvalue weighted by molar-refractivity contribution is 0.259. The molecule has 154 valence electrons. The Morgan fingerprint density at radius 2 is 1.83 bits per heavy atom. The second-order valence-corrected chi connectivity index (χ2v) is 8.35.